The number of H-pyrrole nitrogens is 1. The van der Waals surface area contributed by atoms with Crippen LogP contribution >= 0.6 is 0 Å². The van der Waals surface area contributed by atoms with E-state index in [4.69, 9.17) is 5.73 Å². The van der Waals surface area contributed by atoms with E-state index < -0.39 is 11.8 Å². The second-order valence-electron chi connectivity index (χ2n) is 3.69. The Morgan fingerprint density at radius 1 is 1.39 bits per heavy atom. The molecule has 2 aromatic rings. The summed E-state index contributed by atoms with van der Waals surface area (Å²) in [7, 11) is 0. The van der Waals surface area contributed by atoms with E-state index >= 15 is 0 Å². The number of carbonyl (C=O) groups excluding carboxylic acids is 2. The summed E-state index contributed by atoms with van der Waals surface area (Å²) >= 11 is 0. The number of aromatic nitrogens is 1. The minimum absolute atomic E-state index is 0.100. The topological polar surface area (TPSA) is 121 Å². The van der Waals surface area contributed by atoms with Crippen molar-refractivity contribution in [1.29, 1.82) is 0 Å². The predicted molar refractivity (Wildman–Crippen MR) is 63.4 cm³/mol. The van der Waals surface area contributed by atoms with Crippen LogP contribution in [0.4, 0.5) is 5.69 Å². The lowest BCUT2D eigenvalue weighted by molar-refractivity contribution is -0.135. The molecular formula is C11H10N4O3. The van der Waals surface area contributed by atoms with Gasteiger partial charge in [0.1, 0.15) is 0 Å². The van der Waals surface area contributed by atoms with Gasteiger partial charge in [0.15, 0.2) is 5.69 Å². The third-order valence-corrected chi connectivity index (χ3v) is 2.45. The number of hydrogen-bond donors (Lipinski definition) is 3. The van der Waals surface area contributed by atoms with Crippen molar-refractivity contribution in [2.45, 2.75) is 6.92 Å². The zero-order chi connectivity index (χ0) is 13.3. The fourth-order valence-electron chi connectivity index (χ4n) is 1.58. The zero-order valence-corrected chi connectivity index (χ0v) is 9.47. The molecule has 0 radical (unpaired) electrons. The maximum absolute atomic E-state index is 10.9. The molecule has 1 aromatic heterocycles. The van der Waals surface area contributed by atoms with Crippen LogP contribution in [0.2, 0.25) is 0 Å². The Bertz CT molecular complexity index is 672. The van der Waals surface area contributed by atoms with Crippen molar-refractivity contribution in [2.24, 2.45) is 16.0 Å². The average molecular weight is 246 g/mol. The highest BCUT2D eigenvalue weighted by Crippen LogP contribution is 2.36. The number of nitrogens with zero attached hydrogens (tertiary/aromatic N) is 2. The van der Waals surface area contributed by atoms with E-state index in [0.717, 1.165) is 5.56 Å². The number of amides is 2. The molecule has 4 N–H and O–H groups in total. The molecule has 0 aliphatic heterocycles. The van der Waals surface area contributed by atoms with Crippen molar-refractivity contribution in [3.05, 3.63) is 23.8 Å². The van der Waals surface area contributed by atoms with Crippen molar-refractivity contribution in [1.82, 2.24) is 4.98 Å². The number of aryl methyl sites for hydroxylation is 1. The van der Waals surface area contributed by atoms with E-state index in [1.807, 2.05) is 13.0 Å². The summed E-state index contributed by atoms with van der Waals surface area (Å²) in [5.74, 6) is -2.59. The highest BCUT2D eigenvalue weighted by Gasteiger charge is 2.13. The summed E-state index contributed by atoms with van der Waals surface area (Å²) in [6.45, 7) is 1.85. The van der Waals surface area contributed by atoms with Crippen LogP contribution in [0.15, 0.2) is 28.4 Å². The molecule has 18 heavy (non-hydrogen) atoms. The molecule has 0 saturated heterocycles. The number of nitrogens with one attached hydrogen (secondary N) is 1. The Hall–Kier alpha value is -2.70. The molecule has 7 nitrogen and oxygen atoms in total. The number of para-hydroxylation sites is 1. The number of benzene rings is 1. The van der Waals surface area contributed by atoms with Crippen molar-refractivity contribution >= 4 is 28.4 Å². The molecule has 0 saturated carbocycles. The zero-order valence-electron chi connectivity index (χ0n) is 9.47. The van der Waals surface area contributed by atoms with Crippen LogP contribution in [0.25, 0.3) is 10.9 Å². The van der Waals surface area contributed by atoms with Crippen LogP contribution in [0.3, 0.4) is 0 Å². The summed E-state index contributed by atoms with van der Waals surface area (Å²) < 4.78 is 0. The normalized spacial score (nSPS) is 11.2. The SMILES string of the molecule is Cc1cccc2c(N=NC(=O)C(N)=O)c(O)[nH]c12. The van der Waals surface area contributed by atoms with E-state index in [1.165, 1.54) is 0 Å². The summed E-state index contributed by atoms with van der Waals surface area (Å²) in [5, 5.41) is 17.0. The number of fused-ring (bicyclic) bond motifs is 1. The molecule has 1 heterocycles. The Morgan fingerprint density at radius 3 is 2.78 bits per heavy atom. The lowest BCUT2D eigenvalue weighted by atomic mass is 10.1. The van der Waals surface area contributed by atoms with Gasteiger partial charge in [-0.1, -0.05) is 18.2 Å². The van der Waals surface area contributed by atoms with Crippen LogP contribution in [0.1, 0.15) is 5.56 Å². The number of hydrogen-bond acceptors (Lipinski definition) is 4. The lowest BCUT2D eigenvalue weighted by Crippen LogP contribution is -2.20. The first-order valence-electron chi connectivity index (χ1n) is 5.06. The molecule has 0 bridgehead atoms. The van der Waals surface area contributed by atoms with E-state index in [9.17, 15) is 14.7 Å². The summed E-state index contributed by atoms with van der Waals surface area (Å²) in [6, 6.07) is 5.34. The molecule has 0 spiro atoms. The van der Waals surface area contributed by atoms with Crippen LogP contribution in [-0.2, 0) is 9.59 Å². The molecule has 1 aromatic carbocycles. The third-order valence-electron chi connectivity index (χ3n) is 2.45. The van der Waals surface area contributed by atoms with Gasteiger partial charge in [0.2, 0.25) is 5.88 Å². The smallest absolute Gasteiger partial charge is 0.353 e. The van der Waals surface area contributed by atoms with Crippen molar-refractivity contribution in [2.75, 3.05) is 0 Å². The highest BCUT2D eigenvalue weighted by molar-refractivity contribution is 6.34. The number of rotatable bonds is 1. The van der Waals surface area contributed by atoms with Gasteiger partial charge in [-0.2, -0.15) is 0 Å². The van der Waals surface area contributed by atoms with Crippen molar-refractivity contribution < 1.29 is 14.7 Å². The summed E-state index contributed by atoms with van der Waals surface area (Å²) in [4.78, 5) is 24.2. The number of aromatic amines is 1. The minimum Gasteiger partial charge on any atom is -0.493 e. The van der Waals surface area contributed by atoms with Gasteiger partial charge in [-0.3, -0.25) is 9.59 Å². The molecule has 92 valence electrons. The first-order valence-corrected chi connectivity index (χ1v) is 5.06. The molecule has 0 unspecified atom stereocenters. The quantitative estimate of drug-likeness (QED) is 0.519. The third kappa shape index (κ3) is 1.93. The predicted octanol–water partition coefficient (Wildman–Crippen LogP) is 1.28. The van der Waals surface area contributed by atoms with Crippen LogP contribution in [0.5, 0.6) is 5.88 Å². The van der Waals surface area contributed by atoms with Gasteiger partial charge in [0, 0.05) is 5.39 Å². The Balaban J connectivity index is 2.52. The minimum atomic E-state index is -1.20. The van der Waals surface area contributed by atoms with Gasteiger partial charge < -0.3 is 15.8 Å². The van der Waals surface area contributed by atoms with Gasteiger partial charge in [-0.25, -0.2) is 0 Å². The molecule has 0 fully saturated rings. The van der Waals surface area contributed by atoms with Crippen LogP contribution < -0.4 is 5.73 Å². The monoisotopic (exact) mass is 246 g/mol. The Kier molecular flexibility index (Phi) is 2.80. The van der Waals surface area contributed by atoms with Crippen LogP contribution in [0, 0.1) is 6.92 Å². The first-order chi connectivity index (χ1) is 8.50. The fourth-order valence-corrected chi connectivity index (χ4v) is 1.58. The molecule has 0 aliphatic carbocycles. The van der Waals surface area contributed by atoms with Crippen molar-refractivity contribution in [3.8, 4) is 5.88 Å². The number of aromatic hydroxyl groups is 1. The second-order valence-corrected chi connectivity index (χ2v) is 3.69. The van der Waals surface area contributed by atoms with Gasteiger partial charge in [0.25, 0.3) is 0 Å². The Labute approximate surface area is 101 Å². The number of nitrogens with two attached hydrogens (primary N) is 1. The van der Waals surface area contributed by atoms with Crippen molar-refractivity contribution in [3.63, 3.8) is 0 Å². The largest absolute Gasteiger partial charge is 0.493 e. The van der Waals surface area contributed by atoms with E-state index in [-0.39, 0.29) is 11.6 Å². The highest BCUT2D eigenvalue weighted by atomic mass is 16.3. The Morgan fingerprint density at radius 2 is 2.11 bits per heavy atom. The standard InChI is InChI=1S/C11H10N4O3/c1-5-3-2-4-6-7(5)13-10(17)8(6)14-15-11(18)9(12)16/h2-4,13,17H,1H3,(H2,12,16). The molecule has 2 amide bonds. The number of primary amides is 1. The van der Waals surface area contributed by atoms with Crippen LogP contribution in [-0.4, -0.2) is 21.9 Å². The van der Waals surface area contributed by atoms with Gasteiger partial charge >= 0.3 is 11.8 Å². The summed E-state index contributed by atoms with van der Waals surface area (Å²) in [5.41, 5.74) is 6.44. The lowest BCUT2D eigenvalue weighted by Gasteiger charge is -1.93. The molecule has 0 aliphatic rings. The first kappa shape index (κ1) is 11.8. The molecule has 7 heteroatoms. The van der Waals surface area contributed by atoms with E-state index in [0.29, 0.717) is 10.9 Å². The average Bonchev–Trinajstić information content (AvgIpc) is 2.64. The number of azo groups is 1. The summed E-state index contributed by atoms with van der Waals surface area (Å²) in [6.07, 6.45) is 0. The maximum atomic E-state index is 10.9. The van der Waals surface area contributed by atoms with Gasteiger partial charge in [0.05, 0.1) is 5.52 Å². The number of carbonyl (C=O) groups is 2. The van der Waals surface area contributed by atoms with E-state index in [1.54, 1.807) is 12.1 Å². The molecular weight excluding hydrogens is 236 g/mol. The van der Waals surface area contributed by atoms with Gasteiger partial charge in [-0.15, -0.1) is 10.2 Å². The second kappa shape index (κ2) is 4.28. The maximum Gasteiger partial charge on any atom is 0.353 e. The molecule has 0 atom stereocenters. The van der Waals surface area contributed by atoms with E-state index in [2.05, 4.69) is 15.2 Å². The fraction of sp³-hybridized carbons (Fsp3) is 0.0909. The van der Waals surface area contributed by atoms with Gasteiger partial charge in [-0.05, 0) is 12.5 Å². The molecule has 2 rings (SSSR count).